The normalized spacial score (nSPS) is 23.3. The topological polar surface area (TPSA) is 61.5 Å². The van der Waals surface area contributed by atoms with Gasteiger partial charge in [-0.25, -0.2) is 4.98 Å². The van der Waals surface area contributed by atoms with Gasteiger partial charge < -0.3 is 9.64 Å². The highest BCUT2D eigenvalue weighted by molar-refractivity contribution is 5.35. The Morgan fingerprint density at radius 2 is 2.04 bits per heavy atom. The van der Waals surface area contributed by atoms with Gasteiger partial charge in [-0.1, -0.05) is 29.8 Å². The smallest absolute Gasteiger partial charge is 0.255 e. The number of aromatic nitrogens is 2. The van der Waals surface area contributed by atoms with Gasteiger partial charge in [0.2, 0.25) is 5.95 Å². The van der Waals surface area contributed by atoms with Gasteiger partial charge >= 0.3 is 0 Å². The third kappa shape index (κ3) is 4.06. The zero-order valence-corrected chi connectivity index (χ0v) is 16.4. The number of morpholine rings is 1. The van der Waals surface area contributed by atoms with E-state index >= 15 is 0 Å². The Hall–Kier alpha value is -2.18. The molecular formula is C21H28N4O2. The number of benzene rings is 1. The standard InChI is InChI=1S/C21H28N4O2/c1-14-5-4-6-17(9-14)12-24-8-7-18-19(13-24)22-21(23-20(18)26)25-10-15(2)27-16(3)11-25/h4-6,9,15-16H,7-8,10-13H2,1-3H3,(H,22,23,26)/t15-,16+. The Labute approximate surface area is 160 Å². The molecule has 6 nitrogen and oxygen atoms in total. The van der Waals surface area contributed by atoms with Crippen LogP contribution < -0.4 is 10.5 Å². The van der Waals surface area contributed by atoms with Crippen molar-refractivity contribution in [1.29, 1.82) is 0 Å². The molecule has 2 atom stereocenters. The molecule has 0 aliphatic carbocycles. The van der Waals surface area contributed by atoms with E-state index in [-0.39, 0.29) is 17.8 Å². The number of anilines is 1. The van der Waals surface area contributed by atoms with E-state index in [9.17, 15) is 4.79 Å². The number of aryl methyl sites for hydroxylation is 1. The molecule has 2 aromatic rings. The highest BCUT2D eigenvalue weighted by Crippen LogP contribution is 2.21. The molecule has 0 unspecified atom stereocenters. The van der Waals surface area contributed by atoms with Crippen LogP contribution in [-0.4, -0.2) is 46.7 Å². The molecule has 0 amide bonds. The van der Waals surface area contributed by atoms with E-state index < -0.39 is 0 Å². The van der Waals surface area contributed by atoms with Crippen LogP contribution in [-0.2, 0) is 24.2 Å². The molecule has 1 saturated heterocycles. The maximum absolute atomic E-state index is 12.6. The first-order valence-electron chi connectivity index (χ1n) is 9.78. The fourth-order valence-electron chi connectivity index (χ4n) is 4.18. The van der Waals surface area contributed by atoms with E-state index in [2.05, 4.69) is 59.8 Å². The van der Waals surface area contributed by atoms with Crippen molar-refractivity contribution in [2.75, 3.05) is 24.5 Å². The maximum Gasteiger partial charge on any atom is 0.255 e. The van der Waals surface area contributed by atoms with E-state index in [1.807, 2.05) is 0 Å². The number of fused-ring (bicyclic) bond motifs is 1. The fraction of sp³-hybridized carbons (Fsp3) is 0.524. The Bertz CT molecular complexity index is 869. The summed E-state index contributed by atoms with van der Waals surface area (Å²) in [5.41, 5.74) is 4.35. The first-order chi connectivity index (χ1) is 13.0. The van der Waals surface area contributed by atoms with Gasteiger partial charge in [0, 0.05) is 38.3 Å². The van der Waals surface area contributed by atoms with Gasteiger partial charge in [-0.15, -0.1) is 0 Å². The van der Waals surface area contributed by atoms with Gasteiger partial charge in [0.25, 0.3) is 5.56 Å². The van der Waals surface area contributed by atoms with Crippen LogP contribution in [0.25, 0.3) is 0 Å². The van der Waals surface area contributed by atoms with E-state index in [1.54, 1.807) is 0 Å². The lowest BCUT2D eigenvalue weighted by molar-refractivity contribution is -0.00576. The quantitative estimate of drug-likeness (QED) is 0.900. The molecule has 6 heteroatoms. The number of nitrogens with one attached hydrogen (secondary N) is 1. The molecule has 0 bridgehead atoms. The zero-order chi connectivity index (χ0) is 19.0. The molecule has 0 saturated carbocycles. The number of H-pyrrole nitrogens is 1. The molecule has 144 valence electrons. The molecule has 3 heterocycles. The van der Waals surface area contributed by atoms with Crippen LogP contribution in [0.1, 0.15) is 36.2 Å². The van der Waals surface area contributed by atoms with E-state index in [1.165, 1.54) is 11.1 Å². The first kappa shape index (κ1) is 18.2. The highest BCUT2D eigenvalue weighted by atomic mass is 16.5. The van der Waals surface area contributed by atoms with Crippen LogP contribution in [0.2, 0.25) is 0 Å². The second-order valence-corrected chi connectivity index (χ2v) is 7.93. The molecule has 4 rings (SSSR count). The summed E-state index contributed by atoms with van der Waals surface area (Å²) >= 11 is 0. The van der Waals surface area contributed by atoms with Crippen molar-refractivity contribution in [2.24, 2.45) is 0 Å². The molecule has 1 N–H and O–H groups in total. The Balaban J connectivity index is 1.55. The number of hydrogen-bond acceptors (Lipinski definition) is 5. The van der Waals surface area contributed by atoms with E-state index in [0.717, 1.165) is 50.4 Å². The molecule has 0 spiro atoms. The average Bonchev–Trinajstić information content (AvgIpc) is 2.60. The number of nitrogens with zero attached hydrogens (tertiary/aromatic N) is 3. The van der Waals surface area contributed by atoms with Crippen LogP contribution in [0, 0.1) is 6.92 Å². The van der Waals surface area contributed by atoms with Crippen molar-refractivity contribution in [3.8, 4) is 0 Å². The Morgan fingerprint density at radius 1 is 1.26 bits per heavy atom. The van der Waals surface area contributed by atoms with Crippen molar-refractivity contribution in [3.05, 3.63) is 57.0 Å². The SMILES string of the molecule is Cc1cccc(CN2CCc3c(nc(N4C[C@@H](C)O[C@@H](C)C4)[nH]c3=O)C2)c1. The molecule has 1 aromatic carbocycles. The molecule has 2 aliphatic rings. The second kappa shape index (κ2) is 7.44. The van der Waals surface area contributed by atoms with Crippen LogP contribution >= 0.6 is 0 Å². The Kier molecular flexibility index (Phi) is 5.02. The summed E-state index contributed by atoms with van der Waals surface area (Å²) < 4.78 is 5.80. The largest absolute Gasteiger partial charge is 0.372 e. The monoisotopic (exact) mass is 368 g/mol. The number of rotatable bonds is 3. The van der Waals surface area contributed by atoms with Gasteiger partial charge in [-0.3, -0.25) is 14.7 Å². The molecular weight excluding hydrogens is 340 g/mol. The van der Waals surface area contributed by atoms with Gasteiger partial charge in [-0.05, 0) is 32.8 Å². The first-order valence-corrected chi connectivity index (χ1v) is 9.78. The number of hydrogen-bond donors (Lipinski definition) is 1. The van der Waals surface area contributed by atoms with Gasteiger partial charge in [-0.2, -0.15) is 0 Å². The number of ether oxygens (including phenoxy) is 1. The summed E-state index contributed by atoms with van der Waals surface area (Å²) in [7, 11) is 0. The summed E-state index contributed by atoms with van der Waals surface area (Å²) in [5.74, 6) is 0.679. The minimum absolute atomic E-state index is 0.0111. The fourth-order valence-corrected chi connectivity index (χ4v) is 4.18. The minimum atomic E-state index is 0.0111. The predicted octanol–water partition coefficient (Wildman–Crippen LogP) is 2.25. The lowest BCUT2D eigenvalue weighted by atomic mass is 10.1. The van der Waals surface area contributed by atoms with Gasteiger partial charge in [0.1, 0.15) is 0 Å². The molecule has 2 aliphatic heterocycles. The third-order valence-electron chi connectivity index (χ3n) is 5.35. The van der Waals surface area contributed by atoms with Crippen molar-refractivity contribution >= 4 is 5.95 Å². The molecule has 1 aromatic heterocycles. The second-order valence-electron chi connectivity index (χ2n) is 7.93. The van der Waals surface area contributed by atoms with E-state index in [4.69, 9.17) is 9.72 Å². The van der Waals surface area contributed by atoms with Gasteiger partial charge in [0.15, 0.2) is 0 Å². The molecule has 0 radical (unpaired) electrons. The van der Waals surface area contributed by atoms with Crippen molar-refractivity contribution < 1.29 is 4.74 Å². The van der Waals surface area contributed by atoms with Crippen LogP contribution in [0.5, 0.6) is 0 Å². The summed E-state index contributed by atoms with van der Waals surface area (Å²) in [5, 5.41) is 0. The summed E-state index contributed by atoms with van der Waals surface area (Å²) in [6.07, 6.45) is 1.01. The summed E-state index contributed by atoms with van der Waals surface area (Å²) in [6, 6.07) is 8.61. The lowest BCUT2D eigenvalue weighted by Gasteiger charge is -2.36. The molecule has 27 heavy (non-hydrogen) atoms. The number of aromatic amines is 1. The maximum atomic E-state index is 12.6. The van der Waals surface area contributed by atoms with Crippen LogP contribution in [0.3, 0.4) is 0 Å². The summed E-state index contributed by atoms with van der Waals surface area (Å²) in [4.78, 5) is 25.0. The summed E-state index contributed by atoms with van der Waals surface area (Å²) in [6.45, 7) is 10.2. The van der Waals surface area contributed by atoms with Crippen molar-refractivity contribution in [3.63, 3.8) is 0 Å². The Morgan fingerprint density at radius 3 is 2.78 bits per heavy atom. The van der Waals surface area contributed by atoms with Gasteiger partial charge in [0.05, 0.1) is 17.9 Å². The lowest BCUT2D eigenvalue weighted by Crippen LogP contribution is -2.47. The van der Waals surface area contributed by atoms with Crippen molar-refractivity contribution in [2.45, 2.75) is 52.5 Å². The van der Waals surface area contributed by atoms with Crippen LogP contribution in [0.15, 0.2) is 29.1 Å². The molecule has 1 fully saturated rings. The zero-order valence-electron chi connectivity index (χ0n) is 16.4. The van der Waals surface area contributed by atoms with Crippen molar-refractivity contribution in [1.82, 2.24) is 14.9 Å². The van der Waals surface area contributed by atoms with Crippen LogP contribution in [0.4, 0.5) is 5.95 Å². The minimum Gasteiger partial charge on any atom is -0.372 e. The highest BCUT2D eigenvalue weighted by Gasteiger charge is 2.26. The third-order valence-corrected chi connectivity index (χ3v) is 5.35. The van der Waals surface area contributed by atoms with E-state index in [0.29, 0.717) is 5.95 Å². The predicted molar refractivity (Wildman–Crippen MR) is 106 cm³/mol. The average molecular weight is 368 g/mol.